The van der Waals surface area contributed by atoms with Crippen LogP contribution in [-0.2, 0) is 0 Å². The average molecular weight is 215 g/mol. The minimum atomic E-state index is -0.266. The topological polar surface area (TPSA) is 0 Å². The summed E-state index contributed by atoms with van der Waals surface area (Å²) in [7, 11) is 0. The van der Waals surface area contributed by atoms with E-state index in [1.54, 1.807) is 6.07 Å². The van der Waals surface area contributed by atoms with E-state index in [1.165, 1.54) is 12.1 Å². The number of benzene rings is 1. The third-order valence-electron chi connectivity index (χ3n) is 2.61. The molecule has 0 saturated heterocycles. The van der Waals surface area contributed by atoms with Crippen molar-refractivity contribution >= 4 is 11.6 Å². The Balaban J connectivity index is 3.04. The molecule has 0 heterocycles. The molecule has 0 unspecified atom stereocenters. The molecule has 0 radical (unpaired) electrons. The SMILES string of the molecule is CC[C@@H](c1ccc(F)cc1Cl)C(C)C. The van der Waals surface area contributed by atoms with Crippen LogP contribution in [0.5, 0.6) is 0 Å². The quantitative estimate of drug-likeness (QED) is 0.688. The summed E-state index contributed by atoms with van der Waals surface area (Å²) in [5, 5.41) is 0.547. The molecular weight excluding hydrogens is 199 g/mol. The van der Waals surface area contributed by atoms with Crippen LogP contribution in [0.3, 0.4) is 0 Å². The predicted molar refractivity (Wildman–Crippen MR) is 59.3 cm³/mol. The van der Waals surface area contributed by atoms with Gasteiger partial charge in [-0.1, -0.05) is 38.4 Å². The molecule has 0 amide bonds. The molecule has 14 heavy (non-hydrogen) atoms. The first-order valence-corrected chi connectivity index (χ1v) is 5.39. The Kier molecular flexibility index (Phi) is 3.94. The van der Waals surface area contributed by atoms with Crippen LogP contribution in [0.2, 0.25) is 5.02 Å². The van der Waals surface area contributed by atoms with Gasteiger partial charge in [-0.25, -0.2) is 4.39 Å². The van der Waals surface area contributed by atoms with E-state index in [-0.39, 0.29) is 5.82 Å². The first-order valence-electron chi connectivity index (χ1n) is 5.01. The lowest BCUT2D eigenvalue weighted by molar-refractivity contribution is 0.484. The van der Waals surface area contributed by atoms with Gasteiger partial charge in [0.25, 0.3) is 0 Å². The fourth-order valence-electron chi connectivity index (χ4n) is 1.85. The van der Waals surface area contributed by atoms with Crippen molar-refractivity contribution in [1.82, 2.24) is 0 Å². The fourth-order valence-corrected chi connectivity index (χ4v) is 2.16. The Hall–Kier alpha value is -0.560. The zero-order valence-electron chi connectivity index (χ0n) is 8.85. The maximum Gasteiger partial charge on any atom is 0.124 e. The molecule has 0 aliphatic heterocycles. The van der Waals surface area contributed by atoms with Gasteiger partial charge in [0.05, 0.1) is 0 Å². The highest BCUT2D eigenvalue weighted by Crippen LogP contribution is 2.32. The maximum atomic E-state index is 12.8. The van der Waals surface area contributed by atoms with Gasteiger partial charge in [-0.2, -0.15) is 0 Å². The Morgan fingerprint density at radius 3 is 2.43 bits per heavy atom. The van der Waals surface area contributed by atoms with Crippen LogP contribution in [0, 0.1) is 11.7 Å². The van der Waals surface area contributed by atoms with Gasteiger partial charge in [0.1, 0.15) is 5.82 Å². The lowest BCUT2D eigenvalue weighted by Gasteiger charge is -2.20. The van der Waals surface area contributed by atoms with Crippen molar-refractivity contribution in [2.75, 3.05) is 0 Å². The second-order valence-electron chi connectivity index (χ2n) is 3.92. The average Bonchev–Trinajstić information content (AvgIpc) is 2.09. The van der Waals surface area contributed by atoms with Crippen LogP contribution in [0.15, 0.2) is 18.2 Å². The Morgan fingerprint density at radius 1 is 1.36 bits per heavy atom. The normalized spacial score (nSPS) is 13.3. The van der Waals surface area contributed by atoms with Gasteiger partial charge in [-0.3, -0.25) is 0 Å². The van der Waals surface area contributed by atoms with Crippen molar-refractivity contribution in [3.05, 3.63) is 34.6 Å². The number of rotatable bonds is 3. The molecule has 0 N–H and O–H groups in total. The summed E-state index contributed by atoms with van der Waals surface area (Å²) in [4.78, 5) is 0. The van der Waals surface area contributed by atoms with Crippen LogP contribution >= 0.6 is 11.6 Å². The van der Waals surface area contributed by atoms with Crippen LogP contribution in [0.25, 0.3) is 0 Å². The van der Waals surface area contributed by atoms with Crippen LogP contribution < -0.4 is 0 Å². The van der Waals surface area contributed by atoms with Crippen molar-refractivity contribution in [3.8, 4) is 0 Å². The molecule has 2 heteroatoms. The standard InChI is InChI=1S/C12H16ClF/c1-4-10(8(2)3)11-6-5-9(14)7-12(11)13/h5-8,10H,4H2,1-3H3/t10-/m1/s1. The smallest absolute Gasteiger partial charge is 0.124 e. The van der Waals surface area contributed by atoms with Crippen LogP contribution in [0.1, 0.15) is 38.7 Å². The second kappa shape index (κ2) is 4.79. The molecule has 0 nitrogen and oxygen atoms in total. The summed E-state index contributed by atoms with van der Waals surface area (Å²) >= 11 is 6.01. The summed E-state index contributed by atoms with van der Waals surface area (Å²) in [6.07, 6.45) is 1.03. The van der Waals surface area contributed by atoms with E-state index >= 15 is 0 Å². The highest BCUT2D eigenvalue weighted by molar-refractivity contribution is 6.31. The van der Waals surface area contributed by atoms with Gasteiger partial charge < -0.3 is 0 Å². The van der Waals surface area contributed by atoms with Gasteiger partial charge in [-0.05, 0) is 36.0 Å². The number of halogens is 2. The summed E-state index contributed by atoms with van der Waals surface area (Å²) in [6.45, 7) is 6.45. The largest absolute Gasteiger partial charge is 0.207 e. The van der Waals surface area contributed by atoms with Crippen LogP contribution in [0.4, 0.5) is 4.39 Å². The molecule has 0 aliphatic rings. The van der Waals surface area contributed by atoms with Crippen molar-refractivity contribution in [1.29, 1.82) is 0 Å². The van der Waals surface area contributed by atoms with E-state index in [0.717, 1.165) is 12.0 Å². The Bertz CT molecular complexity index is 307. The zero-order valence-corrected chi connectivity index (χ0v) is 9.61. The summed E-state index contributed by atoms with van der Waals surface area (Å²) in [5.74, 6) is 0.684. The minimum absolute atomic E-state index is 0.266. The highest BCUT2D eigenvalue weighted by atomic mass is 35.5. The molecule has 1 atom stereocenters. The van der Waals surface area contributed by atoms with Crippen molar-refractivity contribution in [3.63, 3.8) is 0 Å². The molecule has 1 rings (SSSR count). The molecule has 0 spiro atoms. The molecule has 0 aromatic heterocycles. The van der Waals surface area contributed by atoms with E-state index < -0.39 is 0 Å². The summed E-state index contributed by atoms with van der Waals surface area (Å²) < 4.78 is 12.8. The predicted octanol–water partition coefficient (Wildman–Crippen LogP) is 4.63. The fraction of sp³-hybridized carbons (Fsp3) is 0.500. The van der Waals surface area contributed by atoms with Crippen LogP contribution in [-0.4, -0.2) is 0 Å². The third-order valence-corrected chi connectivity index (χ3v) is 2.93. The molecule has 0 aliphatic carbocycles. The zero-order chi connectivity index (χ0) is 10.7. The first-order chi connectivity index (χ1) is 6.56. The van der Waals surface area contributed by atoms with Gasteiger partial charge in [0.15, 0.2) is 0 Å². The van der Waals surface area contributed by atoms with Crippen molar-refractivity contribution < 1.29 is 4.39 Å². The first kappa shape index (κ1) is 11.5. The van der Waals surface area contributed by atoms with E-state index in [2.05, 4.69) is 20.8 Å². The maximum absolute atomic E-state index is 12.8. The molecule has 0 bridgehead atoms. The van der Waals surface area contributed by atoms with E-state index in [9.17, 15) is 4.39 Å². The Morgan fingerprint density at radius 2 is 2.00 bits per heavy atom. The number of hydrogen-bond acceptors (Lipinski definition) is 0. The summed E-state index contributed by atoms with van der Waals surface area (Å²) in [6, 6.07) is 4.67. The molecule has 1 aromatic rings. The van der Waals surface area contributed by atoms with Crippen molar-refractivity contribution in [2.24, 2.45) is 5.92 Å². The van der Waals surface area contributed by atoms with Gasteiger partial charge in [0, 0.05) is 5.02 Å². The Labute approximate surface area is 90.1 Å². The molecule has 1 aromatic carbocycles. The third kappa shape index (κ3) is 2.48. The molecular formula is C12H16ClF. The lowest BCUT2D eigenvalue weighted by atomic mass is 9.86. The summed E-state index contributed by atoms with van der Waals surface area (Å²) in [5.41, 5.74) is 1.06. The molecule has 0 saturated carbocycles. The van der Waals surface area contributed by atoms with E-state index in [1.807, 2.05) is 0 Å². The van der Waals surface area contributed by atoms with Gasteiger partial charge >= 0.3 is 0 Å². The van der Waals surface area contributed by atoms with Gasteiger partial charge in [0.2, 0.25) is 0 Å². The second-order valence-corrected chi connectivity index (χ2v) is 4.33. The van der Waals surface area contributed by atoms with Gasteiger partial charge in [-0.15, -0.1) is 0 Å². The number of hydrogen-bond donors (Lipinski definition) is 0. The minimum Gasteiger partial charge on any atom is -0.207 e. The lowest BCUT2D eigenvalue weighted by Crippen LogP contribution is -2.06. The molecule has 78 valence electrons. The highest BCUT2D eigenvalue weighted by Gasteiger charge is 2.16. The van der Waals surface area contributed by atoms with E-state index in [0.29, 0.717) is 16.9 Å². The van der Waals surface area contributed by atoms with Crippen molar-refractivity contribution in [2.45, 2.75) is 33.1 Å². The van der Waals surface area contributed by atoms with E-state index in [4.69, 9.17) is 11.6 Å². The monoisotopic (exact) mass is 214 g/mol. The molecule has 0 fully saturated rings.